The number of H-pyrrole nitrogens is 1. The molecule has 0 saturated heterocycles. The Kier molecular flexibility index (Phi) is 3.78. The summed E-state index contributed by atoms with van der Waals surface area (Å²) in [6.45, 7) is 0.514. The van der Waals surface area contributed by atoms with Crippen LogP contribution in [0, 0.1) is 0 Å². The van der Waals surface area contributed by atoms with Gasteiger partial charge in [-0.25, -0.2) is 0 Å². The van der Waals surface area contributed by atoms with Crippen LogP contribution in [0.4, 0.5) is 0 Å². The van der Waals surface area contributed by atoms with Crippen molar-refractivity contribution < 1.29 is 9.53 Å². The van der Waals surface area contributed by atoms with Crippen LogP contribution in [0.25, 0.3) is 10.9 Å². The quantitative estimate of drug-likeness (QED) is 0.805. The summed E-state index contributed by atoms with van der Waals surface area (Å²) >= 11 is 0. The number of benzene rings is 2. The molecule has 0 aliphatic carbocycles. The standard InChI is InChI=1S/C17H17N3O2/c1-20(11-12-5-3-7-14(9-12)22-2)17(21)15-8-4-6-13-10-18-19-16(13)15/h3-10H,11H2,1-2H3,(H,18,19). The minimum atomic E-state index is -0.0438. The number of carbonyl (C=O) groups is 1. The number of rotatable bonds is 4. The van der Waals surface area contributed by atoms with Gasteiger partial charge in [-0.05, 0) is 23.8 Å². The smallest absolute Gasteiger partial charge is 0.256 e. The Labute approximate surface area is 128 Å². The lowest BCUT2D eigenvalue weighted by Crippen LogP contribution is -2.26. The van der Waals surface area contributed by atoms with E-state index in [0.29, 0.717) is 12.1 Å². The number of amides is 1. The highest BCUT2D eigenvalue weighted by molar-refractivity contribution is 6.05. The fourth-order valence-electron chi connectivity index (χ4n) is 2.47. The lowest BCUT2D eigenvalue weighted by atomic mass is 10.1. The van der Waals surface area contributed by atoms with Gasteiger partial charge in [0.05, 0.1) is 24.4 Å². The maximum absolute atomic E-state index is 12.7. The van der Waals surface area contributed by atoms with E-state index < -0.39 is 0 Å². The van der Waals surface area contributed by atoms with E-state index in [0.717, 1.165) is 22.2 Å². The summed E-state index contributed by atoms with van der Waals surface area (Å²) in [5.74, 6) is 0.742. The molecule has 0 aliphatic rings. The van der Waals surface area contributed by atoms with Crippen molar-refractivity contribution in [3.05, 3.63) is 59.8 Å². The van der Waals surface area contributed by atoms with Crippen LogP contribution in [-0.4, -0.2) is 35.2 Å². The molecule has 3 aromatic rings. The summed E-state index contributed by atoms with van der Waals surface area (Å²) in [4.78, 5) is 14.3. The number of para-hydroxylation sites is 1. The molecule has 0 fully saturated rings. The highest BCUT2D eigenvalue weighted by Gasteiger charge is 2.16. The van der Waals surface area contributed by atoms with Crippen LogP contribution in [0.3, 0.4) is 0 Å². The second kappa shape index (κ2) is 5.89. The van der Waals surface area contributed by atoms with Crippen molar-refractivity contribution in [3.8, 4) is 5.75 Å². The third kappa shape index (κ3) is 2.65. The molecule has 0 aliphatic heterocycles. The Morgan fingerprint density at radius 3 is 2.91 bits per heavy atom. The minimum absolute atomic E-state index is 0.0438. The molecule has 1 N–H and O–H groups in total. The topological polar surface area (TPSA) is 58.2 Å². The number of carbonyl (C=O) groups excluding carboxylic acids is 1. The van der Waals surface area contributed by atoms with Gasteiger partial charge < -0.3 is 9.64 Å². The predicted molar refractivity (Wildman–Crippen MR) is 84.9 cm³/mol. The first-order chi connectivity index (χ1) is 10.7. The molecule has 2 aromatic carbocycles. The molecule has 5 nitrogen and oxygen atoms in total. The highest BCUT2D eigenvalue weighted by atomic mass is 16.5. The Balaban J connectivity index is 1.83. The van der Waals surface area contributed by atoms with Crippen molar-refractivity contribution in [2.75, 3.05) is 14.2 Å². The number of aromatic amines is 1. The van der Waals surface area contributed by atoms with Crippen molar-refractivity contribution in [2.24, 2.45) is 0 Å². The van der Waals surface area contributed by atoms with Crippen LogP contribution in [0.1, 0.15) is 15.9 Å². The molecule has 5 heteroatoms. The van der Waals surface area contributed by atoms with Crippen molar-refractivity contribution in [1.82, 2.24) is 15.1 Å². The fourth-order valence-corrected chi connectivity index (χ4v) is 2.47. The number of methoxy groups -OCH3 is 1. The molecule has 1 aromatic heterocycles. The number of fused-ring (bicyclic) bond motifs is 1. The van der Waals surface area contributed by atoms with Gasteiger partial charge in [0, 0.05) is 19.0 Å². The molecule has 3 rings (SSSR count). The normalized spacial score (nSPS) is 10.6. The van der Waals surface area contributed by atoms with Crippen LogP contribution < -0.4 is 4.74 Å². The van der Waals surface area contributed by atoms with E-state index in [1.54, 1.807) is 25.3 Å². The zero-order valence-corrected chi connectivity index (χ0v) is 12.5. The van der Waals surface area contributed by atoms with Crippen LogP contribution in [0.15, 0.2) is 48.7 Å². The summed E-state index contributed by atoms with van der Waals surface area (Å²) in [5, 5.41) is 7.82. The second-order valence-corrected chi connectivity index (χ2v) is 5.15. The van der Waals surface area contributed by atoms with E-state index in [4.69, 9.17) is 4.74 Å². The Morgan fingerprint density at radius 2 is 2.09 bits per heavy atom. The number of hydrogen-bond acceptors (Lipinski definition) is 3. The van der Waals surface area contributed by atoms with Gasteiger partial charge in [-0.3, -0.25) is 9.89 Å². The lowest BCUT2D eigenvalue weighted by Gasteiger charge is -2.18. The van der Waals surface area contributed by atoms with Crippen LogP contribution in [-0.2, 0) is 6.54 Å². The monoisotopic (exact) mass is 295 g/mol. The van der Waals surface area contributed by atoms with E-state index in [1.807, 2.05) is 42.5 Å². The largest absolute Gasteiger partial charge is 0.497 e. The average Bonchev–Trinajstić information content (AvgIpc) is 3.02. The molecule has 22 heavy (non-hydrogen) atoms. The molecule has 0 saturated carbocycles. The summed E-state index contributed by atoms with van der Waals surface area (Å²) in [7, 11) is 3.42. The van der Waals surface area contributed by atoms with Crippen LogP contribution in [0.2, 0.25) is 0 Å². The van der Waals surface area contributed by atoms with Crippen molar-refractivity contribution in [1.29, 1.82) is 0 Å². The molecule has 0 bridgehead atoms. The maximum atomic E-state index is 12.7. The summed E-state index contributed by atoms with van der Waals surface area (Å²) in [5.41, 5.74) is 2.41. The van der Waals surface area contributed by atoms with Crippen molar-refractivity contribution in [3.63, 3.8) is 0 Å². The number of nitrogens with one attached hydrogen (secondary N) is 1. The first-order valence-electron chi connectivity index (χ1n) is 6.99. The van der Waals surface area contributed by atoms with Gasteiger partial charge in [-0.1, -0.05) is 24.3 Å². The maximum Gasteiger partial charge on any atom is 0.256 e. The fraction of sp³-hybridized carbons (Fsp3) is 0.176. The average molecular weight is 295 g/mol. The molecular formula is C17H17N3O2. The SMILES string of the molecule is COc1cccc(CN(C)C(=O)c2cccc3cn[nH]c23)c1. The Bertz CT molecular complexity index is 810. The van der Waals surface area contributed by atoms with Gasteiger partial charge in [0.15, 0.2) is 0 Å². The third-order valence-corrected chi connectivity index (χ3v) is 3.61. The summed E-state index contributed by atoms with van der Waals surface area (Å²) in [6.07, 6.45) is 1.72. The number of nitrogens with zero attached hydrogens (tertiary/aromatic N) is 2. The van der Waals surface area contributed by atoms with Gasteiger partial charge in [0.1, 0.15) is 5.75 Å². The zero-order chi connectivity index (χ0) is 15.5. The van der Waals surface area contributed by atoms with Gasteiger partial charge in [0.25, 0.3) is 5.91 Å². The molecule has 1 heterocycles. The van der Waals surface area contributed by atoms with Gasteiger partial charge in [0.2, 0.25) is 0 Å². The first-order valence-corrected chi connectivity index (χ1v) is 6.99. The van der Waals surface area contributed by atoms with E-state index in [9.17, 15) is 4.79 Å². The van der Waals surface area contributed by atoms with Crippen molar-refractivity contribution >= 4 is 16.8 Å². The van der Waals surface area contributed by atoms with E-state index in [-0.39, 0.29) is 5.91 Å². The van der Waals surface area contributed by atoms with Gasteiger partial charge in [-0.15, -0.1) is 0 Å². The summed E-state index contributed by atoms with van der Waals surface area (Å²) < 4.78 is 5.21. The Hall–Kier alpha value is -2.82. The molecular weight excluding hydrogens is 278 g/mol. The van der Waals surface area contributed by atoms with Crippen LogP contribution >= 0.6 is 0 Å². The summed E-state index contributed by atoms with van der Waals surface area (Å²) in [6, 6.07) is 13.3. The van der Waals surface area contributed by atoms with E-state index in [1.165, 1.54) is 0 Å². The molecule has 1 amide bonds. The molecule has 112 valence electrons. The van der Waals surface area contributed by atoms with E-state index >= 15 is 0 Å². The number of hydrogen-bond donors (Lipinski definition) is 1. The van der Waals surface area contributed by atoms with E-state index in [2.05, 4.69) is 10.2 Å². The van der Waals surface area contributed by atoms with Gasteiger partial charge >= 0.3 is 0 Å². The molecule has 0 atom stereocenters. The number of aromatic nitrogens is 2. The highest BCUT2D eigenvalue weighted by Crippen LogP contribution is 2.19. The Morgan fingerprint density at radius 1 is 1.27 bits per heavy atom. The van der Waals surface area contributed by atoms with Crippen molar-refractivity contribution in [2.45, 2.75) is 6.54 Å². The molecule has 0 radical (unpaired) electrons. The third-order valence-electron chi connectivity index (χ3n) is 3.61. The minimum Gasteiger partial charge on any atom is -0.497 e. The first kappa shape index (κ1) is 14.1. The van der Waals surface area contributed by atoms with Gasteiger partial charge in [-0.2, -0.15) is 5.10 Å². The molecule has 0 spiro atoms. The predicted octanol–water partition coefficient (Wildman–Crippen LogP) is 2.84. The second-order valence-electron chi connectivity index (χ2n) is 5.15. The number of ether oxygens (including phenoxy) is 1. The molecule has 0 unspecified atom stereocenters. The lowest BCUT2D eigenvalue weighted by molar-refractivity contribution is 0.0786. The van der Waals surface area contributed by atoms with Crippen LogP contribution in [0.5, 0.6) is 5.75 Å². The zero-order valence-electron chi connectivity index (χ0n) is 12.5.